The van der Waals surface area contributed by atoms with E-state index in [0.29, 0.717) is 31.3 Å². The third kappa shape index (κ3) is 4.32. The van der Waals surface area contributed by atoms with Crippen LogP contribution >= 0.6 is 0 Å². The van der Waals surface area contributed by atoms with Crippen LogP contribution in [0.3, 0.4) is 0 Å². The molecule has 3 rings (SSSR count). The number of fused-ring (bicyclic) bond motifs is 1. The van der Waals surface area contributed by atoms with Gasteiger partial charge in [-0.15, -0.1) is 0 Å². The van der Waals surface area contributed by atoms with Gasteiger partial charge >= 0.3 is 0 Å². The molecule has 2 heterocycles. The van der Waals surface area contributed by atoms with Crippen LogP contribution in [-0.4, -0.2) is 24.8 Å². The number of hydrogen-bond donors (Lipinski definition) is 1. The molecule has 1 N–H and O–H groups in total. The van der Waals surface area contributed by atoms with Gasteiger partial charge in [0.1, 0.15) is 18.1 Å². The van der Waals surface area contributed by atoms with Crippen molar-refractivity contribution in [2.45, 2.75) is 33.2 Å². The molecule has 25 heavy (non-hydrogen) atoms. The van der Waals surface area contributed by atoms with Crippen LogP contribution < -0.4 is 14.8 Å². The Morgan fingerprint density at radius 2 is 2.24 bits per heavy atom. The Bertz CT molecular complexity index is 739. The SMILES string of the molecule is COc1ccc2c(c1)OC[C@H](C(=O)NCc1cc(CC(C)C)no1)C2. The Morgan fingerprint density at radius 3 is 3.00 bits per heavy atom. The van der Waals surface area contributed by atoms with E-state index < -0.39 is 0 Å². The van der Waals surface area contributed by atoms with Crippen molar-refractivity contribution in [1.82, 2.24) is 10.5 Å². The second kappa shape index (κ2) is 7.59. The molecule has 1 aromatic heterocycles. The van der Waals surface area contributed by atoms with Crippen molar-refractivity contribution in [3.63, 3.8) is 0 Å². The number of methoxy groups -OCH3 is 1. The van der Waals surface area contributed by atoms with E-state index in [9.17, 15) is 4.79 Å². The highest BCUT2D eigenvalue weighted by Crippen LogP contribution is 2.31. The molecular weight excluding hydrogens is 320 g/mol. The van der Waals surface area contributed by atoms with Crippen LogP contribution in [0.15, 0.2) is 28.8 Å². The Labute approximate surface area is 147 Å². The van der Waals surface area contributed by atoms with Crippen molar-refractivity contribution in [2.24, 2.45) is 11.8 Å². The maximum atomic E-state index is 12.4. The topological polar surface area (TPSA) is 73.6 Å². The lowest BCUT2D eigenvalue weighted by molar-refractivity contribution is -0.126. The fraction of sp³-hybridized carbons (Fsp3) is 0.474. The molecule has 0 saturated heterocycles. The van der Waals surface area contributed by atoms with Crippen molar-refractivity contribution in [3.05, 3.63) is 41.3 Å². The van der Waals surface area contributed by atoms with Gasteiger partial charge in [-0.1, -0.05) is 25.1 Å². The van der Waals surface area contributed by atoms with Gasteiger partial charge in [0, 0.05) is 12.1 Å². The van der Waals surface area contributed by atoms with Crippen molar-refractivity contribution in [2.75, 3.05) is 13.7 Å². The second-order valence-electron chi connectivity index (χ2n) is 6.79. The largest absolute Gasteiger partial charge is 0.497 e. The first-order valence-electron chi connectivity index (χ1n) is 8.57. The van der Waals surface area contributed by atoms with Crippen LogP contribution in [0.5, 0.6) is 11.5 Å². The van der Waals surface area contributed by atoms with E-state index >= 15 is 0 Å². The molecule has 0 saturated carbocycles. The zero-order valence-corrected chi connectivity index (χ0v) is 14.9. The number of benzene rings is 1. The standard InChI is InChI=1S/C19H24N2O4/c1-12(2)6-15-8-17(25-21-15)10-20-19(22)14-7-13-4-5-16(23-3)9-18(13)24-11-14/h4-5,8-9,12,14H,6-7,10-11H2,1-3H3,(H,20,22)/t14-/m1/s1. The first kappa shape index (κ1) is 17.3. The number of ether oxygens (including phenoxy) is 2. The van der Waals surface area contributed by atoms with E-state index in [1.54, 1.807) is 7.11 Å². The lowest BCUT2D eigenvalue weighted by atomic mass is 9.96. The molecular formula is C19H24N2O4. The van der Waals surface area contributed by atoms with E-state index in [4.69, 9.17) is 14.0 Å². The molecule has 0 bridgehead atoms. The minimum Gasteiger partial charge on any atom is -0.497 e. The number of nitrogens with zero attached hydrogens (tertiary/aromatic N) is 1. The zero-order chi connectivity index (χ0) is 17.8. The lowest BCUT2D eigenvalue weighted by Crippen LogP contribution is -2.36. The Morgan fingerprint density at radius 1 is 1.40 bits per heavy atom. The summed E-state index contributed by atoms with van der Waals surface area (Å²) in [5, 5.41) is 6.94. The second-order valence-corrected chi connectivity index (χ2v) is 6.79. The smallest absolute Gasteiger partial charge is 0.227 e. The van der Waals surface area contributed by atoms with E-state index in [0.717, 1.165) is 29.2 Å². The molecule has 1 aliphatic rings. The number of amides is 1. The maximum absolute atomic E-state index is 12.4. The van der Waals surface area contributed by atoms with E-state index in [1.165, 1.54) is 0 Å². The number of aromatic nitrogens is 1. The van der Waals surface area contributed by atoms with Gasteiger partial charge in [0.25, 0.3) is 0 Å². The highest BCUT2D eigenvalue weighted by molar-refractivity contribution is 5.79. The van der Waals surface area contributed by atoms with Gasteiger partial charge in [-0.05, 0) is 30.4 Å². The van der Waals surface area contributed by atoms with Gasteiger partial charge in [0.2, 0.25) is 5.91 Å². The molecule has 6 heteroatoms. The normalized spacial score (nSPS) is 16.2. The summed E-state index contributed by atoms with van der Waals surface area (Å²) >= 11 is 0. The summed E-state index contributed by atoms with van der Waals surface area (Å²) in [6.45, 7) is 4.97. The number of carbonyl (C=O) groups is 1. The van der Waals surface area contributed by atoms with Crippen LogP contribution in [0, 0.1) is 11.8 Å². The molecule has 2 aromatic rings. The lowest BCUT2D eigenvalue weighted by Gasteiger charge is -2.24. The molecule has 134 valence electrons. The third-order valence-electron chi connectivity index (χ3n) is 4.21. The summed E-state index contributed by atoms with van der Waals surface area (Å²) in [5.74, 6) is 2.49. The first-order valence-corrected chi connectivity index (χ1v) is 8.57. The molecule has 0 unspecified atom stereocenters. The Balaban J connectivity index is 1.54. The summed E-state index contributed by atoms with van der Waals surface area (Å²) in [7, 11) is 1.62. The summed E-state index contributed by atoms with van der Waals surface area (Å²) in [4.78, 5) is 12.4. The quantitative estimate of drug-likeness (QED) is 0.872. The molecule has 1 atom stereocenters. The van der Waals surface area contributed by atoms with Gasteiger partial charge in [-0.25, -0.2) is 0 Å². The summed E-state index contributed by atoms with van der Waals surface area (Å²) in [5.41, 5.74) is 1.94. The zero-order valence-electron chi connectivity index (χ0n) is 14.9. The minimum absolute atomic E-state index is 0.0386. The Kier molecular flexibility index (Phi) is 5.26. The third-order valence-corrected chi connectivity index (χ3v) is 4.21. The fourth-order valence-corrected chi connectivity index (χ4v) is 2.92. The summed E-state index contributed by atoms with van der Waals surface area (Å²) in [6, 6.07) is 7.59. The number of rotatable bonds is 6. The van der Waals surface area contributed by atoms with Crippen molar-refractivity contribution >= 4 is 5.91 Å². The maximum Gasteiger partial charge on any atom is 0.227 e. The van der Waals surface area contributed by atoms with E-state index in [-0.39, 0.29) is 11.8 Å². The highest BCUT2D eigenvalue weighted by atomic mass is 16.5. The van der Waals surface area contributed by atoms with Crippen LogP contribution in [0.25, 0.3) is 0 Å². The molecule has 1 amide bonds. The molecule has 0 spiro atoms. The minimum atomic E-state index is -0.209. The molecule has 6 nitrogen and oxygen atoms in total. The predicted molar refractivity (Wildman–Crippen MR) is 92.6 cm³/mol. The van der Waals surface area contributed by atoms with Gasteiger partial charge in [-0.2, -0.15) is 0 Å². The van der Waals surface area contributed by atoms with Gasteiger partial charge in [0.05, 0.1) is 25.3 Å². The van der Waals surface area contributed by atoms with Crippen molar-refractivity contribution in [3.8, 4) is 11.5 Å². The molecule has 1 aromatic carbocycles. The Hall–Kier alpha value is -2.50. The molecule has 0 fully saturated rings. The van der Waals surface area contributed by atoms with Crippen LogP contribution in [0.1, 0.15) is 30.9 Å². The van der Waals surface area contributed by atoms with Crippen LogP contribution in [0.2, 0.25) is 0 Å². The van der Waals surface area contributed by atoms with Crippen molar-refractivity contribution < 1.29 is 18.8 Å². The number of nitrogens with one attached hydrogen (secondary N) is 1. The fourth-order valence-electron chi connectivity index (χ4n) is 2.92. The van der Waals surface area contributed by atoms with Gasteiger partial charge in [-0.3, -0.25) is 4.79 Å². The average molecular weight is 344 g/mol. The monoisotopic (exact) mass is 344 g/mol. The van der Waals surface area contributed by atoms with Gasteiger partial charge < -0.3 is 19.3 Å². The molecule has 1 aliphatic heterocycles. The summed E-state index contributed by atoms with van der Waals surface area (Å²) < 4.78 is 16.2. The van der Waals surface area contributed by atoms with Crippen LogP contribution in [-0.2, 0) is 24.2 Å². The number of carbonyl (C=O) groups excluding carboxylic acids is 1. The first-order chi connectivity index (χ1) is 12.0. The van der Waals surface area contributed by atoms with Crippen LogP contribution in [0.4, 0.5) is 0 Å². The van der Waals surface area contributed by atoms with Crippen molar-refractivity contribution in [1.29, 1.82) is 0 Å². The van der Waals surface area contributed by atoms with E-state index in [2.05, 4.69) is 24.3 Å². The number of hydrogen-bond acceptors (Lipinski definition) is 5. The highest BCUT2D eigenvalue weighted by Gasteiger charge is 2.26. The summed E-state index contributed by atoms with van der Waals surface area (Å²) in [6.07, 6.45) is 1.52. The average Bonchev–Trinajstić information content (AvgIpc) is 3.05. The molecule has 0 radical (unpaired) electrons. The van der Waals surface area contributed by atoms with Gasteiger partial charge in [0.15, 0.2) is 5.76 Å². The molecule has 0 aliphatic carbocycles. The predicted octanol–water partition coefficient (Wildman–Crippen LogP) is 2.75. The van der Waals surface area contributed by atoms with E-state index in [1.807, 2.05) is 24.3 Å².